The predicted octanol–water partition coefficient (Wildman–Crippen LogP) is 1.34. The van der Waals surface area contributed by atoms with E-state index in [9.17, 15) is 4.79 Å². The van der Waals surface area contributed by atoms with Gasteiger partial charge in [-0.3, -0.25) is 0 Å². The van der Waals surface area contributed by atoms with E-state index in [1.54, 1.807) is 11.0 Å². The minimum absolute atomic E-state index is 0.616. The van der Waals surface area contributed by atoms with Gasteiger partial charge in [0, 0.05) is 19.7 Å². The van der Waals surface area contributed by atoms with Gasteiger partial charge in [-0.15, -0.1) is 0 Å². The molecule has 0 spiro atoms. The molecule has 0 aliphatic heterocycles. The van der Waals surface area contributed by atoms with Gasteiger partial charge in [0.15, 0.2) is 0 Å². The first kappa shape index (κ1) is 10.2. The second kappa shape index (κ2) is 5.00. The van der Waals surface area contributed by atoms with Crippen molar-refractivity contribution in [1.82, 2.24) is 5.01 Å². The summed E-state index contributed by atoms with van der Waals surface area (Å²) >= 11 is 0. The minimum Gasteiger partial charge on any atom is -0.303 e. The second-order valence-electron chi connectivity index (χ2n) is 2.96. The summed E-state index contributed by atoms with van der Waals surface area (Å²) in [6.07, 6.45) is 1.33. The Morgan fingerprint density at radius 3 is 2.50 bits per heavy atom. The van der Waals surface area contributed by atoms with E-state index >= 15 is 0 Å². The molecule has 0 N–H and O–H groups in total. The lowest BCUT2D eigenvalue weighted by Crippen LogP contribution is -2.08. The fraction of sp³-hybridized carbons (Fsp3) is 0.182. The highest BCUT2D eigenvalue weighted by molar-refractivity contribution is 6.12. The van der Waals surface area contributed by atoms with E-state index in [0.717, 1.165) is 5.56 Å². The van der Waals surface area contributed by atoms with Crippen LogP contribution in [0.15, 0.2) is 41.5 Å². The molecule has 0 bridgehead atoms. The first-order valence-corrected chi connectivity index (χ1v) is 4.26. The molecule has 72 valence electrons. The molecule has 0 fully saturated rings. The molecule has 0 aromatic heterocycles. The second-order valence-corrected chi connectivity index (χ2v) is 2.96. The van der Waals surface area contributed by atoms with Crippen LogP contribution in [0.25, 0.3) is 0 Å². The lowest BCUT2D eigenvalue weighted by Gasteiger charge is -2.06. The van der Waals surface area contributed by atoms with Crippen LogP contribution in [-0.2, 0) is 4.79 Å². The average Bonchev–Trinajstić information content (AvgIpc) is 2.18. The minimum atomic E-state index is 0.616. The summed E-state index contributed by atoms with van der Waals surface area (Å²) in [5, 5.41) is 5.82. The molecule has 0 heterocycles. The SMILES string of the molecule is CN(C)/N=C(\C=C=O)c1ccccc1. The van der Waals surface area contributed by atoms with E-state index in [1.165, 1.54) is 6.08 Å². The van der Waals surface area contributed by atoms with E-state index in [2.05, 4.69) is 5.10 Å². The van der Waals surface area contributed by atoms with Crippen LogP contribution in [0.5, 0.6) is 0 Å². The predicted molar refractivity (Wildman–Crippen MR) is 56.9 cm³/mol. The molecule has 0 unspecified atom stereocenters. The van der Waals surface area contributed by atoms with Crippen molar-refractivity contribution >= 4 is 11.7 Å². The Bertz CT molecular complexity index is 362. The van der Waals surface area contributed by atoms with Gasteiger partial charge in [0.2, 0.25) is 0 Å². The van der Waals surface area contributed by atoms with Crippen molar-refractivity contribution < 1.29 is 4.79 Å². The van der Waals surface area contributed by atoms with E-state index in [1.807, 2.05) is 44.4 Å². The van der Waals surface area contributed by atoms with Crippen LogP contribution < -0.4 is 0 Å². The molecular formula is C11H12N2O. The molecule has 1 rings (SSSR count). The van der Waals surface area contributed by atoms with Gasteiger partial charge in [0.05, 0.1) is 6.08 Å². The quantitative estimate of drug-likeness (QED) is 0.407. The van der Waals surface area contributed by atoms with Crippen molar-refractivity contribution in [3.63, 3.8) is 0 Å². The number of rotatable bonds is 3. The topological polar surface area (TPSA) is 32.7 Å². The van der Waals surface area contributed by atoms with E-state index in [0.29, 0.717) is 5.71 Å². The number of carbonyl (C=O) groups excluding carboxylic acids is 1. The summed E-state index contributed by atoms with van der Waals surface area (Å²) in [7, 11) is 3.61. The molecule has 14 heavy (non-hydrogen) atoms. The highest BCUT2D eigenvalue weighted by Gasteiger charge is 1.99. The van der Waals surface area contributed by atoms with Gasteiger partial charge >= 0.3 is 0 Å². The van der Waals surface area contributed by atoms with E-state index in [4.69, 9.17) is 0 Å². The maximum absolute atomic E-state index is 10.3. The summed E-state index contributed by atoms with van der Waals surface area (Å²) in [6, 6.07) is 9.52. The Labute approximate surface area is 83.4 Å². The van der Waals surface area contributed by atoms with Crippen LogP contribution in [0, 0.1) is 0 Å². The van der Waals surface area contributed by atoms with Crippen LogP contribution in [0.4, 0.5) is 0 Å². The normalized spacial score (nSPS) is 10.6. The molecule has 0 aliphatic rings. The summed E-state index contributed by atoms with van der Waals surface area (Å²) < 4.78 is 0. The largest absolute Gasteiger partial charge is 0.303 e. The number of allylic oxidation sites excluding steroid dienone is 1. The van der Waals surface area contributed by atoms with E-state index < -0.39 is 0 Å². The zero-order valence-electron chi connectivity index (χ0n) is 8.27. The van der Waals surface area contributed by atoms with Crippen molar-refractivity contribution in [1.29, 1.82) is 0 Å². The average molecular weight is 188 g/mol. The standard InChI is InChI=1S/C11H12N2O/c1-13(2)12-11(8-9-14)10-6-4-3-5-7-10/h3-8H,1-2H3/b12-11+. The van der Waals surface area contributed by atoms with Gasteiger partial charge in [0.25, 0.3) is 0 Å². The summed E-state index contributed by atoms with van der Waals surface area (Å²) in [5.41, 5.74) is 1.52. The van der Waals surface area contributed by atoms with Gasteiger partial charge in [-0.05, 0) is 0 Å². The third kappa shape index (κ3) is 2.88. The molecule has 0 aliphatic carbocycles. The molecule has 1 aromatic carbocycles. The van der Waals surface area contributed by atoms with Crippen molar-refractivity contribution in [2.24, 2.45) is 5.10 Å². The molecule has 1 aromatic rings. The number of nitrogens with zero attached hydrogens (tertiary/aromatic N) is 2. The zero-order chi connectivity index (χ0) is 10.4. The van der Waals surface area contributed by atoms with Gasteiger partial charge in [-0.2, -0.15) is 5.10 Å². The zero-order valence-corrected chi connectivity index (χ0v) is 8.27. The summed E-state index contributed by atoms with van der Waals surface area (Å²) in [6.45, 7) is 0. The number of hydrogen-bond acceptors (Lipinski definition) is 3. The molecule has 3 heteroatoms. The highest BCUT2D eigenvalue weighted by atomic mass is 16.1. The third-order valence-electron chi connectivity index (χ3n) is 1.57. The molecule has 0 atom stereocenters. The molecule has 3 nitrogen and oxygen atoms in total. The van der Waals surface area contributed by atoms with Crippen molar-refractivity contribution in [2.45, 2.75) is 0 Å². The van der Waals surface area contributed by atoms with Gasteiger partial charge < -0.3 is 5.01 Å². The van der Waals surface area contributed by atoms with Crippen molar-refractivity contribution in [2.75, 3.05) is 14.1 Å². The first-order valence-electron chi connectivity index (χ1n) is 4.26. The fourth-order valence-electron chi connectivity index (χ4n) is 1.05. The first-order chi connectivity index (χ1) is 6.74. The Balaban J connectivity index is 3.07. The summed E-state index contributed by atoms with van der Waals surface area (Å²) in [4.78, 5) is 10.3. The maximum atomic E-state index is 10.3. The van der Waals surface area contributed by atoms with Crippen molar-refractivity contribution in [3.8, 4) is 0 Å². The van der Waals surface area contributed by atoms with Crippen molar-refractivity contribution in [3.05, 3.63) is 42.0 Å². The Kier molecular flexibility index (Phi) is 3.65. The van der Waals surface area contributed by atoms with Crippen LogP contribution in [0.3, 0.4) is 0 Å². The van der Waals surface area contributed by atoms with Crippen LogP contribution in [0.1, 0.15) is 5.56 Å². The van der Waals surface area contributed by atoms with Crippen LogP contribution in [-0.4, -0.2) is 30.8 Å². The number of hydrogen-bond donors (Lipinski definition) is 0. The Hall–Kier alpha value is -1.86. The molecule has 0 amide bonds. The molecule has 0 saturated carbocycles. The van der Waals surface area contributed by atoms with Gasteiger partial charge in [-0.1, -0.05) is 30.3 Å². The molecule has 0 saturated heterocycles. The Morgan fingerprint density at radius 1 is 1.36 bits per heavy atom. The Morgan fingerprint density at radius 2 is 2.00 bits per heavy atom. The van der Waals surface area contributed by atoms with Gasteiger partial charge in [-0.25, -0.2) is 4.79 Å². The number of benzene rings is 1. The fourth-order valence-corrected chi connectivity index (χ4v) is 1.05. The smallest absolute Gasteiger partial charge is 0.126 e. The molecular weight excluding hydrogens is 176 g/mol. The van der Waals surface area contributed by atoms with E-state index in [-0.39, 0.29) is 0 Å². The molecule has 0 radical (unpaired) electrons. The van der Waals surface area contributed by atoms with Crippen LogP contribution in [0.2, 0.25) is 0 Å². The summed E-state index contributed by atoms with van der Waals surface area (Å²) in [5.74, 6) is 1.74. The number of hydrazone groups is 1. The highest BCUT2D eigenvalue weighted by Crippen LogP contribution is 2.02. The maximum Gasteiger partial charge on any atom is 0.126 e. The van der Waals surface area contributed by atoms with Gasteiger partial charge in [0.1, 0.15) is 11.7 Å². The lowest BCUT2D eigenvalue weighted by molar-refractivity contribution is 0.438. The van der Waals surface area contributed by atoms with Crippen LogP contribution >= 0.6 is 0 Å². The monoisotopic (exact) mass is 188 g/mol. The third-order valence-corrected chi connectivity index (χ3v) is 1.57. The lowest BCUT2D eigenvalue weighted by atomic mass is 10.1.